The summed E-state index contributed by atoms with van der Waals surface area (Å²) >= 11 is 12.5. The monoisotopic (exact) mass is 514 g/mol. The number of thioether (sulfide) groups is 1. The first-order valence-electron chi connectivity index (χ1n) is 11.3. The fourth-order valence-electron chi connectivity index (χ4n) is 3.93. The molecule has 1 aromatic heterocycles. The van der Waals surface area contributed by atoms with Crippen LogP contribution in [0, 0.1) is 6.92 Å². The second-order valence-electron chi connectivity index (χ2n) is 8.26. The molecular weight excluding hydrogens is 488 g/mol. The molecule has 0 unspecified atom stereocenters. The fourth-order valence-corrected chi connectivity index (χ4v) is 5.03. The van der Waals surface area contributed by atoms with Crippen LogP contribution in [0.4, 0.5) is 5.69 Å². The summed E-state index contributed by atoms with van der Waals surface area (Å²) in [4.78, 5) is 12.5. The van der Waals surface area contributed by atoms with E-state index in [1.807, 2.05) is 0 Å². The lowest BCUT2D eigenvalue weighted by molar-refractivity contribution is -0.119. The van der Waals surface area contributed by atoms with Gasteiger partial charge in [-0.2, -0.15) is 0 Å². The molecule has 1 fully saturated rings. The maximum Gasteiger partial charge on any atom is 0.248 e. The quantitative estimate of drug-likeness (QED) is 0.227. The summed E-state index contributed by atoms with van der Waals surface area (Å²) in [5.74, 6) is 0.844. The molecule has 1 heterocycles. The minimum atomic E-state index is -0.208. The first kappa shape index (κ1) is 24.5. The Hall–Kier alpha value is -2.62. The van der Waals surface area contributed by atoms with Crippen molar-refractivity contribution < 1.29 is 4.79 Å². The number of carbonyl (C=O) groups excluding carboxylic acids is 1. The van der Waals surface area contributed by atoms with Crippen molar-refractivity contribution in [2.75, 3.05) is 11.1 Å². The van der Waals surface area contributed by atoms with Gasteiger partial charge >= 0.3 is 0 Å². The maximum atomic E-state index is 12.5. The van der Waals surface area contributed by atoms with Crippen molar-refractivity contribution in [2.45, 2.75) is 50.2 Å². The summed E-state index contributed by atoms with van der Waals surface area (Å²) in [6.45, 7) is 2.07. The molecule has 34 heavy (non-hydrogen) atoms. The zero-order valence-corrected chi connectivity index (χ0v) is 21.3. The second kappa shape index (κ2) is 11.7. The summed E-state index contributed by atoms with van der Waals surface area (Å²) in [6, 6.07) is 15.8. The summed E-state index contributed by atoms with van der Waals surface area (Å²) in [6.07, 6.45) is 5.86. The Morgan fingerprint density at radius 3 is 2.47 bits per heavy atom. The summed E-state index contributed by atoms with van der Waals surface area (Å²) in [5.41, 5.74) is 8.38. The van der Waals surface area contributed by atoms with E-state index in [1.165, 1.54) is 36.6 Å². The number of anilines is 1. The van der Waals surface area contributed by atoms with E-state index in [0.717, 1.165) is 35.1 Å². The molecule has 7 nitrogen and oxygen atoms in total. The van der Waals surface area contributed by atoms with Gasteiger partial charge in [0, 0.05) is 22.3 Å². The van der Waals surface area contributed by atoms with Crippen molar-refractivity contribution in [3.05, 3.63) is 59.1 Å². The molecule has 178 valence electrons. The van der Waals surface area contributed by atoms with Crippen molar-refractivity contribution in [3.63, 3.8) is 0 Å². The number of nitrogens with zero attached hydrogens (tertiary/aromatic N) is 3. The lowest BCUT2D eigenvalue weighted by Crippen LogP contribution is -2.44. The molecule has 0 atom stereocenters. The highest BCUT2D eigenvalue weighted by Gasteiger charge is 2.24. The van der Waals surface area contributed by atoms with E-state index in [0.29, 0.717) is 11.1 Å². The van der Waals surface area contributed by atoms with Crippen molar-refractivity contribution in [3.8, 4) is 11.4 Å². The Bertz CT molecular complexity index is 1130. The molecule has 2 aromatic carbocycles. The Morgan fingerprint density at radius 2 is 1.76 bits per heavy atom. The van der Waals surface area contributed by atoms with E-state index in [2.05, 4.69) is 62.1 Å². The van der Waals surface area contributed by atoms with Gasteiger partial charge in [-0.3, -0.25) is 20.2 Å². The molecule has 0 spiro atoms. The molecule has 4 rings (SSSR count). The predicted octanol–water partition coefficient (Wildman–Crippen LogP) is 5.52. The normalized spacial score (nSPS) is 13.9. The van der Waals surface area contributed by atoms with E-state index in [4.69, 9.17) is 23.8 Å². The van der Waals surface area contributed by atoms with Crippen LogP contribution in [-0.2, 0) is 4.79 Å². The maximum absolute atomic E-state index is 12.5. The molecule has 1 aliphatic rings. The SMILES string of the molecule is Cc1ccc(-c2nnc(SCC(=O)NNC(=S)Nc3ccc(Cl)cc3)n2C2CCCCC2)cc1. The van der Waals surface area contributed by atoms with E-state index in [-0.39, 0.29) is 16.8 Å². The highest BCUT2D eigenvalue weighted by atomic mass is 35.5. The summed E-state index contributed by atoms with van der Waals surface area (Å²) in [5, 5.41) is 13.6. The van der Waals surface area contributed by atoms with Crippen LogP contribution in [0.3, 0.4) is 0 Å². The van der Waals surface area contributed by atoms with E-state index >= 15 is 0 Å². The number of aromatic nitrogens is 3. The number of hydrogen-bond donors (Lipinski definition) is 3. The standard InChI is InChI=1S/C24H27ClN6OS2/c1-16-7-9-17(10-8-16)22-28-30-24(31(22)20-5-3-2-4-6-20)34-15-21(32)27-29-23(33)26-19-13-11-18(25)12-14-19/h7-14,20H,2-6,15H2,1H3,(H,27,32)(H2,26,29,33). The minimum Gasteiger partial charge on any atom is -0.331 e. The lowest BCUT2D eigenvalue weighted by atomic mass is 9.95. The third kappa shape index (κ3) is 6.49. The molecule has 1 saturated carbocycles. The average Bonchev–Trinajstić information content (AvgIpc) is 3.28. The highest BCUT2D eigenvalue weighted by molar-refractivity contribution is 7.99. The average molecular weight is 515 g/mol. The first-order chi connectivity index (χ1) is 16.5. The van der Waals surface area contributed by atoms with Gasteiger partial charge in [-0.15, -0.1) is 10.2 Å². The van der Waals surface area contributed by atoms with Crippen LogP contribution < -0.4 is 16.2 Å². The van der Waals surface area contributed by atoms with Gasteiger partial charge in [0.1, 0.15) is 0 Å². The number of hydrogen-bond acceptors (Lipinski definition) is 5. The van der Waals surface area contributed by atoms with Crippen molar-refractivity contribution in [1.82, 2.24) is 25.6 Å². The van der Waals surface area contributed by atoms with Crippen LogP contribution in [-0.4, -0.2) is 31.5 Å². The molecular formula is C24H27ClN6OS2. The van der Waals surface area contributed by atoms with Gasteiger partial charge < -0.3 is 5.32 Å². The van der Waals surface area contributed by atoms with E-state index in [1.54, 1.807) is 24.3 Å². The molecule has 0 saturated heterocycles. The van der Waals surface area contributed by atoms with Gasteiger partial charge in [-0.25, -0.2) is 0 Å². The van der Waals surface area contributed by atoms with Crippen molar-refractivity contribution in [2.24, 2.45) is 0 Å². The zero-order valence-electron chi connectivity index (χ0n) is 18.9. The number of halogens is 1. The molecule has 0 bridgehead atoms. The number of amides is 1. The minimum absolute atomic E-state index is 0.190. The van der Waals surface area contributed by atoms with Crippen LogP contribution >= 0.6 is 35.6 Å². The highest BCUT2D eigenvalue weighted by Crippen LogP contribution is 2.35. The predicted molar refractivity (Wildman–Crippen MR) is 142 cm³/mol. The van der Waals surface area contributed by atoms with Crippen LogP contribution in [0.15, 0.2) is 53.7 Å². The number of carbonyl (C=O) groups is 1. The number of benzene rings is 2. The molecule has 1 amide bonds. The number of hydrazine groups is 1. The largest absolute Gasteiger partial charge is 0.331 e. The van der Waals surface area contributed by atoms with Gasteiger partial charge in [-0.05, 0) is 56.2 Å². The smallest absolute Gasteiger partial charge is 0.248 e. The Balaban J connectivity index is 1.37. The Kier molecular flexibility index (Phi) is 8.42. The zero-order chi connectivity index (χ0) is 23.9. The van der Waals surface area contributed by atoms with Gasteiger partial charge in [0.05, 0.1) is 5.75 Å². The second-order valence-corrected chi connectivity index (χ2v) is 10.0. The van der Waals surface area contributed by atoms with Crippen molar-refractivity contribution >= 4 is 52.3 Å². The topological polar surface area (TPSA) is 83.9 Å². The third-order valence-electron chi connectivity index (χ3n) is 5.66. The van der Waals surface area contributed by atoms with Gasteiger partial charge in [0.15, 0.2) is 16.1 Å². The molecule has 10 heteroatoms. The molecule has 0 aliphatic heterocycles. The molecule has 3 aromatic rings. The Labute approximate surface area is 214 Å². The van der Waals surface area contributed by atoms with E-state index < -0.39 is 0 Å². The van der Waals surface area contributed by atoms with Gasteiger partial charge in [-0.1, -0.05) is 72.5 Å². The molecule has 3 N–H and O–H groups in total. The molecule has 1 aliphatic carbocycles. The number of rotatable bonds is 6. The first-order valence-corrected chi connectivity index (χ1v) is 13.0. The van der Waals surface area contributed by atoms with Crippen molar-refractivity contribution in [1.29, 1.82) is 0 Å². The Morgan fingerprint density at radius 1 is 1.06 bits per heavy atom. The summed E-state index contributed by atoms with van der Waals surface area (Å²) < 4.78 is 2.22. The van der Waals surface area contributed by atoms with Gasteiger partial charge in [0.25, 0.3) is 0 Å². The summed E-state index contributed by atoms with van der Waals surface area (Å²) in [7, 11) is 0. The number of thiocarbonyl (C=S) groups is 1. The lowest BCUT2D eigenvalue weighted by Gasteiger charge is -2.25. The molecule has 0 radical (unpaired) electrons. The van der Waals surface area contributed by atoms with Crippen LogP contribution in [0.2, 0.25) is 5.02 Å². The third-order valence-corrected chi connectivity index (χ3v) is 7.06. The van der Waals surface area contributed by atoms with Crippen LogP contribution in [0.25, 0.3) is 11.4 Å². The number of nitrogens with one attached hydrogen (secondary N) is 3. The van der Waals surface area contributed by atoms with E-state index in [9.17, 15) is 4.79 Å². The number of aryl methyl sites for hydroxylation is 1. The van der Waals surface area contributed by atoms with Crippen LogP contribution in [0.5, 0.6) is 0 Å². The van der Waals surface area contributed by atoms with Crippen LogP contribution in [0.1, 0.15) is 43.7 Å². The van der Waals surface area contributed by atoms with Gasteiger partial charge in [0.2, 0.25) is 5.91 Å². The fraction of sp³-hybridized carbons (Fsp3) is 0.333.